The smallest absolute Gasteiger partial charge is 0.161 e. The van der Waals surface area contributed by atoms with Crippen LogP contribution in [0.3, 0.4) is 0 Å². The normalized spacial score (nSPS) is 15.9. The summed E-state index contributed by atoms with van der Waals surface area (Å²) in [7, 11) is 1.66. The molecule has 2 heterocycles. The second kappa shape index (κ2) is 6.32. The highest BCUT2D eigenvalue weighted by Crippen LogP contribution is 2.24. The van der Waals surface area contributed by atoms with E-state index in [4.69, 9.17) is 15.5 Å². The molecule has 1 aliphatic heterocycles. The second-order valence-electron chi connectivity index (χ2n) is 5.74. The number of methoxy groups -OCH3 is 1. The van der Waals surface area contributed by atoms with E-state index in [0.29, 0.717) is 6.04 Å². The lowest BCUT2D eigenvalue weighted by Crippen LogP contribution is -2.40. The number of anilines is 1. The fourth-order valence-electron chi connectivity index (χ4n) is 2.71. The van der Waals surface area contributed by atoms with Gasteiger partial charge in [0, 0.05) is 36.5 Å². The van der Waals surface area contributed by atoms with Gasteiger partial charge in [-0.15, -0.1) is 0 Å². The van der Waals surface area contributed by atoms with Crippen molar-refractivity contribution in [3.8, 4) is 17.1 Å². The molecule has 0 saturated carbocycles. The van der Waals surface area contributed by atoms with E-state index in [1.807, 2.05) is 37.3 Å². The van der Waals surface area contributed by atoms with E-state index in [2.05, 4.69) is 9.88 Å². The summed E-state index contributed by atoms with van der Waals surface area (Å²) in [5.41, 5.74) is 7.96. The highest BCUT2D eigenvalue weighted by atomic mass is 16.5. The molecule has 2 aromatic rings. The average molecular weight is 298 g/mol. The Balaban J connectivity index is 1.88. The maximum Gasteiger partial charge on any atom is 0.161 e. The molecule has 5 heteroatoms. The maximum atomic E-state index is 5.98. The fourth-order valence-corrected chi connectivity index (χ4v) is 2.71. The summed E-state index contributed by atoms with van der Waals surface area (Å²) in [4.78, 5) is 11.6. The fraction of sp³-hybridized carbons (Fsp3) is 0.412. The minimum Gasteiger partial charge on any atom is -0.497 e. The molecule has 0 radical (unpaired) electrons. The lowest BCUT2D eigenvalue weighted by molar-refractivity contribution is 0.415. The summed E-state index contributed by atoms with van der Waals surface area (Å²) < 4.78 is 5.20. The zero-order valence-corrected chi connectivity index (χ0v) is 13.1. The molecule has 5 nitrogen and oxygen atoms in total. The van der Waals surface area contributed by atoms with Crippen LogP contribution in [0.25, 0.3) is 11.4 Å². The van der Waals surface area contributed by atoms with E-state index in [1.54, 1.807) is 7.11 Å². The molecule has 0 spiro atoms. The first-order valence-corrected chi connectivity index (χ1v) is 7.66. The van der Waals surface area contributed by atoms with Crippen molar-refractivity contribution in [1.82, 2.24) is 9.97 Å². The van der Waals surface area contributed by atoms with Crippen molar-refractivity contribution >= 4 is 5.82 Å². The Morgan fingerprint density at radius 1 is 1.14 bits per heavy atom. The standard InChI is InChI=1S/C17H22N4O/c1-12-11-16(21-9-7-14(18)8-10-21)20-17(19-12)13-3-5-15(22-2)6-4-13/h3-6,11,14H,7-10,18H2,1-2H3. The van der Waals surface area contributed by atoms with Crippen molar-refractivity contribution in [3.05, 3.63) is 36.0 Å². The number of piperidine rings is 1. The zero-order chi connectivity index (χ0) is 15.5. The van der Waals surface area contributed by atoms with E-state index in [9.17, 15) is 0 Å². The third-order valence-electron chi connectivity index (χ3n) is 4.05. The van der Waals surface area contributed by atoms with Gasteiger partial charge >= 0.3 is 0 Å². The van der Waals surface area contributed by atoms with Crippen molar-refractivity contribution < 1.29 is 4.74 Å². The van der Waals surface area contributed by atoms with Crippen LogP contribution >= 0.6 is 0 Å². The number of nitrogens with two attached hydrogens (primary N) is 1. The summed E-state index contributed by atoms with van der Waals surface area (Å²) in [5, 5.41) is 0. The molecule has 1 aromatic heterocycles. The van der Waals surface area contributed by atoms with Crippen LogP contribution in [0.15, 0.2) is 30.3 Å². The van der Waals surface area contributed by atoms with E-state index in [0.717, 1.165) is 54.6 Å². The highest BCUT2D eigenvalue weighted by Gasteiger charge is 2.18. The van der Waals surface area contributed by atoms with Gasteiger partial charge in [-0.25, -0.2) is 9.97 Å². The van der Waals surface area contributed by atoms with Gasteiger partial charge in [0.25, 0.3) is 0 Å². The molecule has 1 aromatic carbocycles. The third-order valence-corrected chi connectivity index (χ3v) is 4.05. The summed E-state index contributed by atoms with van der Waals surface area (Å²) in [6.07, 6.45) is 2.03. The van der Waals surface area contributed by atoms with Crippen LogP contribution < -0.4 is 15.4 Å². The number of hydrogen-bond acceptors (Lipinski definition) is 5. The number of aryl methyl sites for hydroxylation is 1. The van der Waals surface area contributed by atoms with Crippen molar-refractivity contribution in [2.45, 2.75) is 25.8 Å². The monoisotopic (exact) mass is 298 g/mol. The molecule has 0 unspecified atom stereocenters. The van der Waals surface area contributed by atoms with Crippen molar-refractivity contribution in [2.24, 2.45) is 5.73 Å². The summed E-state index contributed by atoms with van der Waals surface area (Å²) >= 11 is 0. The van der Waals surface area contributed by atoms with Crippen molar-refractivity contribution in [1.29, 1.82) is 0 Å². The summed E-state index contributed by atoms with van der Waals surface area (Å²) in [6, 6.07) is 10.2. The Labute approximate surface area is 131 Å². The van der Waals surface area contributed by atoms with Crippen LogP contribution in [0, 0.1) is 6.92 Å². The third kappa shape index (κ3) is 3.20. The van der Waals surface area contributed by atoms with Crippen LogP contribution in [0.5, 0.6) is 5.75 Å². The Kier molecular flexibility index (Phi) is 4.24. The predicted molar refractivity (Wildman–Crippen MR) is 88.2 cm³/mol. The van der Waals surface area contributed by atoms with Gasteiger partial charge in [-0.05, 0) is 44.0 Å². The molecule has 3 rings (SSSR count). The predicted octanol–water partition coefficient (Wildman–Crippen LogP) is 2.39. The van der Waals surface area contributed by atoms with Gasteiger partial charge in [-0.3, -0.25) is 0 Å². The summed E-state index contributed by atoms with van der Waals surface area (Å²) in [6.45, 7) is 3.92. The molecule has 1 fully saturated rings. The van der Waals surface area contributed by atoms with E-state index < -0.39 is 0 Å². The number of benzene rings is 1. The zero-order valence-electron chi connectivity index (χ0n) is 13.1. The van der Waals surface area contributed by atoms with E-state index >= 15 is 0 Å². The molecule has 0 bridgehead atoms. The van der Waals surface area contributed by atoms with E-state index in [1.165, 1.54) is 0 Å². The largest absolute Gasteiger partial charge is 0.497 e. The second-order valence-corrected chi connectivity index (χ2v) is 5.74. The molecule has 116 valence electrons. The van der Waals surface area contributed by atoms with Gasteiger partial charge in [0.1, 0.15) is 11.6 Å². The van der Waals surface area contributed by atoms with Gasteiger partial charge in [-0.1, -0.05) is 0 Å². The number of hydrogen-bond donors (Lipinski definition) is 1. The van der Waals surface area contributed by atoms with Crippen LogP contribution in [0.1, 0.15) is 18.5 Å². The van der Waals surface area contributed by atoms with E-state index in [-0.39, 0.29) is 0 Å². The number of ether oxygens (including phenoxy) is 1. The highest BCUT2D eigenvalue weighted by molar-refractivity contribution is 5.59. The van der Waals surface area contributed by atoms with Crippen molar-refractivity contribution in [2.75, 3.05) is 25.1 Å². The summed E-state index contributed by atoms with van der Waals surface area (Å²) in [5.74, 6) is 2.58. The molecular formula is C17H22N4O. The van der Waals surface area contributed by atoms with Gasteiger partial charge in [0.2, 0.25) is 0 Å². The lowest BCUT2D eigenvalue weighted by atomic mass is 10.1. The molecular weight excluding hydrogens is 276 g/mol. The molecule has 0 amide bonds. The van der Waals surface area contributed by atoms with Gasteiger partial charge in [-0.2, -0.15) is 0 Å². The molecule has 1 aliphatic rings. The Hall–Kier alpha value is -2.14. The van der Waals surface area contributed by atoms with Gasteiger partial charge in [0.15, 0.2) is 5.82 Å². The topological polar surface area (TPSA) is 64.3 Å². The Morgan fingerprint density at radius 2 is 1.82 bits per heavy atom. The van der Waals surface area contributed by atoms with Crippen LogP contribution in [-0.2, 0) is 0 Å². The molecule has 2 N–H and O–H groups in total. The first-order chi connectivity index (χ1) is 10.7. The first-order valence-electron chi connectivity index (χ1n) is 7.66. The minimum atomic E-state index is 0.320. The Morgan fingerprint density at radius 3 is 2.45 bits per heavy atom. The minimum absolute atomic E-state index is 0.320. The lowest BCUT2D eigenvalue weighted by Gasteiger charge is -2.31. The number of rotatable bonds is 3. The molecule has 22 heavy (non-hydrogen) atoms. The van der Waals surface area contributed by atoms with Gasteiger partial charge in [0.05, 0.1) is 7.11 Å². The SMILES string of the molecule is COc1ccc(-c2nc(C)cc(N3CCC(N)CC3)n2)cc1. The van der Waals surface area contributed by atoms with Crippen molar-refractivity contribution in [3.63, 3.8) is 0 Å². The molecule has 0 atom stereocenters. The maximum absolute atomic E-state index is 5.98. The van der Waals surface area contributed by atoms with Gasteiger partial charge < -0.3 is 15.4 Å². The molecule has 1 saturated heterocycles. The number of nitrogens with zero attached hydrogens (tertiary/aromatic N) is 3. The Bertz CT molecular complexity index is 634. The van der Waals surface area contributed by atoms with Crippen LogP contribution in [0.4, 0.5) is 5.82 Å². The first kappa shape index (κ1) is 14.8. The molecule has 0 aliphatic carbocycles. The van der Waals surface area contributed by atoms with Crippen LogP contribution in [-0.4, -0.2) is 36.2 Å². The average Bonchev–Trinajstić information content (AvgIpc) is 2.55. The van der Waals surface area contributed by atoms with Crippen LogP contribution in [0.2, 0.25) is 0 Å². The number of aromatic nitrogens is 2. The quantitative estimate of drug-likeness (QED) is 0.942.